The van der Waals surface area contributed by atoms with E-state index in [4.69, 9.17) is 0 Å². The van der Waals surface area contributed by atoms with Gasteiger partial charge in [0.2, 0.25) is 5.67 Å². The maximum atomic E-state index is 14.2. The summed E-state index contributed by atoms with van der Waals surface area (Å²) in [6.07, 6.45) is -1.82. The Labute approximate surface area is 130 Å². The molecule has 1 fully saturated rings. The SMILES string of the molecule is CCCCCCCC1(F)C(F)(F)C(F)(F)C(F)(F)C(F)(F)C1(F)F. The number of hydrogen-bond donors (Lipinski definition) is 0. The van der Waals surface area contributed by atoms with Crippen LogP contribution in [0, 0.1) is 0 Å². The summed E-state index contributed by atoms with van der Waals surface area (Å²) in [7, 11) is 0. The van der Waals surface area contributed by atoms with Crippen LogP contribution in [0.5, 0.6) is 0 Å². The molecule has 0 aliphatic heterocycles. The molecule has 1 aliphatic rings. The zero-order chi connectivity index (χ0) is 19.2. The van der Waals surface area contributed by atoms with Crippen molar-refractivity contribution in [3.05, 3.63) is 0 Å². The van der Waals surface area contributed by atoms with Gasteiger partial charge in [0.15, 0.2) is 0 Å². The fraction of sp³-hybridized carbons (Fsp3) is 1.00. The molecule has 1 rings (SSSR count). The van der Waals surface area contributed by atoms with Crippen LogP contribution in [0.25, 0.3) is 0 Å². The lowest BCUT2D eigenvalue weighted by Crippen LogP contribution is -2.83. The second-order valence-corrected chi connectivity index (χ2v) is 5.84. The van der Waals surface area contributed by atoms with Crippen molar-refractivity contribution in [3.8, 4) is 0 Å². The van der Waals surface area contributed by atoms with Gasteiger partial charge in [-0.2, -0.15) is 43.9 Å². The van der Waals surface area contributed by atoms with Crippen molar-refractivity contribution in [1.29, 1.82) is 0 Å². The summed E-state index contributed by atoms with van der Waals surface area (Å²) in [4.78, 5) is 0. The number of hydrogen-bond acceptors (Lipinski definition) is 0. The fourth-order valence-electron chi connectivity index (χ4n) is 2.57. The number of rotatable bonds is 6. The normalized spacial score (nSPS) is 28.5. The van der Waals surface area contributed by atoms with E-state index in [1.807, 2.05) is 0 Å². The molecule has 144 valence electrons. The molecule has 0 nitrogen and oxygen atoms in total. The van der Waals surface area contributed by atoms with Gasteiger partial charge in [0.05, 0.1) is 0 Å². The van der Waals surface area contributed by atoms with Crippen LogP contribution in [0.4, 0.5) is 48.3 Å². The molecule has 0 radical (unpaired) electrons. The summed E-state index contributed by atoms with van der Waals surface area (Å²) in [5.41, 5.74) is -5.80. The highest BCUT2D eigenvalue weighted by atomic mass is 19.4. The van der Waals surface area contributed by atoms with Crippen molar-refractivity contribution >= 4 is 0 Å². The lowest BCUT2D eigenvalue weighted by atomic mass is 9.70. The topological polar surface area (TPSA) is 0 Å². The summed E-state index contributed by atoms with van der Waals surface area (Å²) in [6, 6.07) is 0. The first-order chi connectivity index (χ1) is 10.6. The molecule has 1 saturated carbocycles. The molecule has 0 amide bonds. The van der Waals surface area contributed by atoms with Crippen LogP contribution in [0.3, 0.4) is 0 Å². The third-order valence-electron chi connectivity index (χ3n) is 4.20. The van der Waals surface area contributed by atoms with Crippen molar-refractivity contribution in [2.24, 2.45) is 0 Å². The minimum Gasteiger partial charge on any atom is -0.230 e. The highest BCUT2D eigenvalue weighted by molar-refractivity contribution is 5.26. The summed E-state index contributed by atoms with van der Waals surface area (Å²) in [6.45, 7) is 1.71. The lowest BCUT2D eigenvalue weighted by molar-refractivity contribution is -0.485. The van der Waals surface area contributed by atoms with E-state index in [2.05, 4.69) is 0 Å². The number of halogens is 11. The van der Waals surface area contributed by atoms with E-state index >= 15 is 0 Å². The van der Waals surface area contributed by atoms with Gasteiger partial charge in [0, 0.05) is 0 Å². The molecule has 0 saturated heterocycles. The molecule has 0 aromatic carbocycles. The maximum absolute atomic E-state index is 14.2. The summed E-state index contributed by atoms with van der Waals surface area (Å²) >= 11 is 0. The second kappa shape index (κ2) is 5.89. The molecule has 0 aromatic rings. The zero-order valence-electron chi connectivity index (χ0n) is 12.4. The molecule has 0 aromatic heterocycles. The van der Waals surface area contributed by atoms with Crippen molar-refractivity contribution in [2.45, 2.75) is 80.7 Å². The molecule has 0 unspecified atom stereocenters. The Morgan fingerprint density at radius 2 is 0.792 bits per heavy atom. The molecule has 24 heavy (non-hydrogen) atoms. The standard InChI is InChI=1S/C13H15F11/c1-2-3-4-5-6-7-8(14)9(15,16)11(19,20)13(23,24)12(21,22)10(8,17)18/h2-7H2,1H3. The molecular weight excluding hydrogens is 365 g/mol. The predicted octanol–water partition coefficient (Wildman–Crippen LogP) is 6.25. The van der Waals surface area contributed by atoms with Gasteiger partial charge in [-0.15, -0.1) is 0 Å². The zero-order valence-corrected chi connectivity index (χ0v) is 12.4. The molecule has 0 bridgehead atoms. The number of unbranched alkanes of at least 4 members (excludes halogenated alkanes) is 4. The minimum absolute atomic E-state index is 0.181. The maximum Gasteiger partial charge on any atom is 0.384 e. The van der Waals surface area contributed by atoms with Crippen LogP contribution < -0.4 is 0 Å². The summed E-state index contributed by atoms with van der Waals surface area (Å²) in [5, 5.41) is 0. The van der Waals surface area contributed by atoms with E-state index in [9.17, 15) is 48.3 Å². The fourth-order valence-corrected chi connectivity index (χ4v) is 2.57. The van der Waals surface area contributed by atoms with Gasteiger partial charge in [0.25, 0.3) is 0 Å². The number of alkyl halides is 11. The van der Waals surface area contributed by atoms with Gasteiger partial charge >= 0.3 is 29.6 Å². The van der Waals surface area contributed by atoms with Crippen LogP contribution in [-0.2, 0) is 0 Å². The molecule has 0 spiro atoms. The lowest BCUT2D eigenvalue weighted by Gasteiger charge is -2.52. The quantitative estimate of drug-likeness (QED) is 0.378. The van der Waals surface area contributed by atoms with Gasteiger partial charge in [-0.05, 0) is 12.8 Å². The van der Waals surface area contributed by atoms with Crippen LogP contribution in [0.2, 0.25) is 0 Å². The van der Waals surface area contributed by atoms with E-state index in [-0.39, 0.29) is 12.8 Å². The summed E-state index contributed by atoms with van der Waals surface area (Å²) in [5.74, 6) is -34.4. The average Bonchev–Trinajstić information content (AvgIpc) is 2.44. The summed E-state index contributed by atoms with van der Waals surface area (Å²) < 4.78 is 147. The van der Waals surface area contributed by atoms with E-state index in [0.717, 1.165) is 0 Å². The van der Waals surface area contributed by atoms with E-state index in [1.54, 1.807) is 6.92 Å². The Morgan fingerprint density at radius 1 is 0.458 bits per heavy atom. The van der Waals surface area contributed by atoms with Crippen LogP contribution in [-0.4, -0.2) is 35.3 Å². The van der Waals surface area contributed by atoms with Crippen LogP contribution in [0.1, 0.15) is 45.4 Å². The second-order valence-electron chi connectivity index (χ2n) is 5.84. The van der Waals surface area contributed by atoms with Crippen LogP contribution >= 0.6 is 0 Å². The molecule has 11 heteroatoms. The van der Waals surface area contributed by atoms with Gasteiger partial charge in [-0.1, -0.05) is 32.6 Å². The van der Waals surface area contributed by atoms with Gasteiger partial charge in [0.1, 0.15) is 0 Å². The largest absolute Gasteiger partial charge is 0.384 e. The van der Waals surface area contributed by atoms with Crippen molar-refractivity contribution in [2.75, 3.05) is 0 Å². The third kappa shape index (κ3) is 2.32. The predicted molar refractivity (Wildman–Crippen MR) is 62.0 cm³/mol. The molecule has 0 atom stereocenters. The van der Waals surface area contributed by atoms with Crippen molar-refractivity contribution < 1.29 is 48.3 Å². The Kier molecular flexibility index (Phi) is 5.22. The van der Waals surface area contributed by atoms with E-state index < -0.39 is 48.1 Å². The van der Waals surface area contributed by atoms with E-state index in [0.29, 0.717) is 12.8 Å². The molecular formula is C13H15F11. The highest BCUT2D eigenvalue weighted by Crippen LogP contribution is 2.70. The van der Waals surface area contributed by atoms with Gasteiger partial charge in [-0.3, -0.25) is 0 Å². The smallest absolute Gasteiger partial charge is 0.230 e. The Bertz CT molecular complexity index is 425. The first-order valence-electron chi connectivity index (χ1n) is 7.14. The van der Waals surface area contributed by atoms with Crippen LogP contribution in [0.15, 0.2) is 0 Å². The van der Waals surface area contributed by atoms with Gasteiger partial charge < -0.3 is 0 Å². The Balaban J connectivity index is 3.31. The van der Waals surface area contributed by atoms with Gasteiger partial charge in [-0.25, -0.2) is 4.39 Å². The monoisotopic (exact) mass is 380 g/mol. The Hall–Kier alpha value is -0.770. The van der Waals surface area contributed by atoms with Crippen molar-refractivity contribution in [1.82, 2.24) is 0 Å². The average molecular weight is 380 g/mol. The third-order valence-corrected chi connectivity index (χ3v) is 4.20. The Morgan fingerprint density at radius 3 is 1.17 bits per heavy atom. The first-order valence-corrected chi connectivity index (χ1v) is 7.14. The molecule has 0 N–H and O–H groups in total. The van der Waals surface area contributed by atoms with E-state index in [1.165, 1.54) is 0 Å². The minimum atomic E-state index is -7.12. The van der Waals surface area contributed by atoms with Crippen molar-refractivity contribution in [3.63, 3.8) is 0 Å². The molecule has 1 aliphatic carbocycles. The molecule has 0 heterocycles. The first kappa shape index (κ1) is 21.3. The highest BCUT2D eigenvalue weighted by Gasteiger charge is 3.00.